The maximum atomic E-state index is 12.3. The Balaban J connectivity index is 1.51. The number of phenolic OH excluding ortho intramolecular Hbond substituents is 1. The predicted octanol–water partition coefficient (Wildman–Crippen LogP) is 4.41. The van der Waals surface area contributed by atoms with Crippen molar-refractivity contribution in [1.82, 2.24) is 10.2 Å². The van der Waals surface area contributed by atoms with Gasteiger partial charge in [0.05, 0.1) is 0 Å². The molecular formula is C24H32N2O2. The largest absolute Gasteiger partial charge is 0.508 e. The van der Waals surface area contributed by atoms with E-state index in [1.54, 1.807) is 12.1 Å². The fourth-order valence-corrected chi connectivity index (χ4v) is 4.06. The topological polar surface area (TPSA) is 52.6 Å². The molecule has 0 aromatic heterocycles. The lowest BCUT2D eigenvalue weighted by molar-refractivity contribution is -0.121. The van der Waals surface area contributed by atoms with E-state index in [1.165, 1.54) is 43.2 Å². The number of aromatic hydroxyl groups is 1. The first-order chi connectivity index (χ1) is 13.6. The Labute approximate surface area is 168 Å². The number of amides is 1. The molecule has 0 unspecified atom stereocenters. The lowest BCUT2D eigenvalue weighted by atomic mass is 9.94. The second-order valence-electron chi connectivity index (χ2n) is 7.88. The van der Waals surface area contributed by atoms with Crippen LogP contribution in [0.2, 0.25) is 0 Å². The molecule has 0 aliphatic heterocycles. The molecule has 1 aliphatic rings. The highest BCUT2D eigenvalue weighted by molar-refractivity contribution is 5.76. The van der Waals surface area contributed by atoms with Crippen LogP contribution in [0.15, 0.2) is 48.5 Å². The summed E-state index contributed by atoms with van der Waals surface area (Å²) in [6.07, 6.45) is 7.55. The fourth-order valence-electron chi connectivity index (χ4n) is 4.06. The maximum absolute atomic E-state index is 12.3. The summed E-state index contributed by atoms with van der Waals surface area (Å²) >= 11 is 0. The second-order valence-corrected chi connectivity index (χ2v) is 7.88. The monoisotopic (exact) mass is 380 g/mol. The van der Waals surface area contributed by atoms with Gasteiger partial charge >= 0.3 is 0 Å². The quantitative estimate of drug-likeness (QED) is 0.713. The Bertz CT molecular complexity index is 769. The number of nitrogens with one attached hydrogen (secondary N) is 1. The fraction of sp³-hybridized carbons (Fsp3) is 0.458. The molecule has 0 bridgehead atoms. The highest BCUT2D eigenvalue weighted by atomic mass is 16.3. The predicted molar refractivity (Wildman–Crippen MR) is 113 cm³/mol. The third kappa shape index (κ3) is 5.83. The van der Waals surface area contributed by atoms with Crippen LogP contribution in [0, 0.1) is 0 Å². The molecule has 0 radical (unpaired) electrons. The van der Waals surface area contributed by atoms with E-state index in [0.29, 0.717) is 25.4 Å². The smallest absolute Gasteiger partial charge is 0.220 e. The standard InChI is InChI=1S/C24H32N2O2/c1-26(22-12-3-2-4-13-22)18-21-11-6-5-10-20(21)17-25-24(28)16-15-19-9-7-8-14-23(19)27/h5-11,14,22,27H,2-4,12-13,15-18H2,1H3,(H,25,28). The zero-order valence-electron chi connectivity index (χ0n) is 16.9. The summed E-state index contributed by atoms with van der Waals surface area (Å²) in [4.78, 5) is 14.7. The van der Waals surface area contributed by atoms with E-state index >= 15 is 0 Å². The van der Waals surface area contributed by atoms with E-state index in [4.69, 9.17) is 0 Å². The second kappa shape index (κ2) is 10.3. The van der Waals surface area contributed by atoms with Gasteiger partial charge in [0.2, 0.25) is 5.91 Å². The van der Waals surface area contributed by atoms with Crippen LogP contribution in [0.25, 0.3) is 0 Å². The summed E-state index contributed by atoms with van der Waals surface area (Å²) in [5.74, 6) is 0.269. The molecule has 2 N–H and O–H groups in total. The summed E-state index contributed by atoms with van der Waals surface area (Å²) in [6.45, 7) is 1.48. The number of para-hydroxylation sites is 1. The van der Waals surface area contributed by atoms with Gasteiger partial charge in [-0.3, -0.25) is 9.69 Å². The average molecular weight is 381 g/mol. The Morgan fingerprint density at radius 3 is 2.36 bits per heavy atom. The molecule has 3 rings (SSSR count). The minimum atomic E-state index is 0.0127. The van der Waals surface area contributed by atoms with Crippen molar-refractivity contribution in [2.75, 3.05) is 7.05 Å². The van der Waals surface area contributed by atoms with Gasteiger partial charge in [0.1, 0.15) is 5.75 Å². The van der Waals surface area contributed by atoms with Gasteiger partial charge in [-0.2, -0.15) is 0 Å². The first-order valence-electron chi connectivity index (χ1n) is 10.4. The summed E-state index contributed by atoms with van der Waals surface area (Å²) in [5, 5.41) is 12.9. The number of aryl methyl sites for hydroxylation is 1. The molecule has 1 saturated carbocycles. The van der Waals surface area contributed by atoms with Crippen molar-refractivity contribution in [3.05, 3.63) is 65.2 Å². The summed E-state index contributed by atoms with van der Waals surface area (Å²) in [5.41, 5.74) is 3.28. The molecule has 0 atom stereocenters. The van der Waals surface area contributed by atoms with Crippen molar-refractivity contribution in [2.45, 2.75) is 64.1 Å². The molecular weight excluding hydrogens is 348 g/mol. The highest BCUT2D eigenvalue weighted by Crippen LogP contribution is 2.23. The number of phenols is 1. The molecule has 4 heteroatoms. The van der Waals surface area contributed by atoms with Gasteiger partial charge in [-0.1, -0.05) is 61.7 Å². The molecule has 4 nitrogen and oxygen atoms in total. The Morgan fingerprint density at radius 2 is 1.64 bits per heavy atom. The molecule has 150 valence electrons. The van der Waals surface area contributed by atoms with Crippen LogP contribution in [-0.2, 0) is 24.3 Å². The number of nitrogens with zero attached hydrogens (tertiary/aromatic N) is 1. The summed E-state index contributed by atoms with van der Waals surface area (Å²) in [7, 11) is 2.22. The first-order valence-corrected chi connectivity index (χ1v) is 10.4. The minimum Gasteiger partial charge on any atom is -0.508 e. The first kappa shape index (κ1) is 20.4. The molecule has 1 fully saturated rings. The third-order valence-electron chi connectivity index (χ3n) is 5.83. The number of hydrogen-bond donors (Lipinski definition) is 2. The van der Waals surface area contributed by atoms with Gasteiger partial charge in [0.15, 0.2) is 0 Å². The van der Waals surface area contributed by atoms with E-state index in [0.717, 1.165) is 12.1 Å². The maximum Gasteiger partial charge on any atom is 0.220 e. The van der Waals surface area contributed by atoms with E-state index in [-0.39, 0.29) is 11.7 Å². The van der Waals surface area contributed by atoms with Gasteiger partial charge in [0.25, 0.3) is 0 Å². The third-order valence-corrected chi connectivity index (χ3v) is 5.83. The van der Waals surface area contributed by atoms with Gasteiger partial charge in [-0.25, -0.2) is 0 Å². The Morgan fingerprint density at radius 1 is 1.00 bits per heavy atom. The molecule has 1 amide bonds. The van der Waals surface area contributed by atoms with Crippen LogP contribution in [0.3, 0.4) is 0 Å². The summed E-state index contributed by atoms with van der Waals surface area (Å²) in [6, 6.07) is 16.3. The van der Waals surface area contributed by atoms with Crippen molar-refractivity contribution < 1.29 is 9.90 Å². The van der Waals surface area contributed by atoms with Crippen molar-refractivity contribution in [1.29, 1.82) is 0 Å². The van der Waals surface area contributed by atoms with Gasteiger partial charge < -0.3 is 10.4 Å². The van der Waals surface area contributed by atoms with E-state index in [1.807, 2.05) is 18.2 Å². The van der Waals surface area contributed by atoms with Crippen LogP contribution in [0.5, 0.6) is 5.75 Å². The zero-order chi connectivity index (χ0) is 19.8. The zero-order valence-corrected chi connectivity index (χ0v) is 16.9. The summed E-state index contributed by atoms with van der Waals surface area (Å²) < 4.78 is 0. The molecule has 2 aromatic rings. The Kier molecular flexibility index (Phi) is 7.49. The van der Waals surface area contributed by atoms with Crippen LogP contribution in [0.1, 0.15) is 55.2 Å². The molecule has 0 saturated heterocycles. The lowest BCUT2D eigenvalue weighted by Gasteiger charge is -2.31. The van der Waals surface area contributed by atoms with Crippen LogP contribution in [-0.4, -0.2) is 29.0 Å². The molecule has 1 aliphatic carbocycles. The van der Waals surface area contributed by atoms with Crippen LogP contribution in [0.4, 0.5) is 0 Å². The van der Waals surface area contributed by atoms with E-state index in [9.17, 15) is 9.90 Å². The van der Waals surface area contributed by atoms with Crippen molar-refractivity contribution >= 4 is 5.91 Å². The van der Waals surface area contributed by atoms with Gasteiger partial charge in [0, 0.05) is 25.6 Å². The Hall–Kier alpha value is -2.33. The van der Waals surface area contributed by atoms with Gasteiger partial charge in [-0.05, 0) is 49.1 Å². The van der Waals surface area contributed by atoms with Crippen molar-refractivity contribution in [2.24, 2.45) is 0 Å². The van der Waals surface area contributed by atoms with Crippen LogP contribution >= 0.6 is 0 Å². The van der Waals surface area contributed by atoms with Crippen LogP contribution < -0.4 is 5.32 Å². The van der Waals surface area contributed by atoms with Crippen molar-refractivity contribution in [3.8, 4) is 5.75 Å². The minimum absolute atomic E-state index is 0.0127. The number of benzene rings is 2. The highest BCUT2D eigenvalue weighted by Gasteiger charge is 2.18. The normalized spacial score (nSPS) is 14.9. The molecule has 28 heavy (non-hydrogen) atoms. The molecule has 2 aromatic carbocycles. The van der Waals surface area contributed by atoms with E-state index < -0.39 is 0 Å². The number of rotatable bonds is 8. The molecule has 0 heterocycles. The van der Waals surface area contributed by atoms with Gasteiger partial charge in [-0.15, -0.1) is 0 Å². The van der Waals surface area contributed by atoms with E-state index in [2.05, 4.69) is 35.5 Å². The van der Waals surface area contributed by atoms with Crippen molar-refractivity contribution in [3.63, 3.8) is 0 Å². The number of hydrogen-bond acceptors (Lipinski definition) is 3. The molecule has 0 spiro atoms. The number of carbonyl (C=O) groups is 1. The lowest BCUT2D eigenvalue weighted by Crippen LogP contribution is -2.33. The average Bonchev–Trinajstić information content (AvgIpc) is 2.73. The number of carbonyl (C=O) groups excluding carboxylic acids is 1. The SMILES string of the molecule is CN(Cc1ccccc1CNC(=O)CCc1ccccc1O)C1CCCCC1.